The number of ketones is 1. The van der Waals surface area contributed by atoms with Gasteiger partial charge in [0.25, 0.3) is 0 Å². The number of ether oxygens (including phenoxy) is 5. The van der Waals surface area contributed by atoms with Gasteiger partial charge in [-0.25, -0.2) is 0 Å². The summed E-state index contributed by atoms with van der Waals surface area (Å²) in [5.41, 5.74) is 0.135. The van der Waals surface area contributed by atoms with Crippen LogP contribution in [0.5, 0.6) is 17.2 Å². The summed E-state index contributed by atoms with van der Waals surface area (Å²) in [6.07, 6.45) is -5.11. The van der Waals surface area contributed by atoms with Crippen molar-refractivity contribution in [3.05, 3.63) is 53.6 Å². The Kier molecular flexibility index (Phi) is 9.77. The van der Waals surface area contributed by atoms with Crippen molar-refractivity contribution in [2.45, 2.75) is 87.2 Å². The third-order valence-corrected chi connectivity index (χ3v) is 8.00. The van der Waals surface area contributed by atoms with Crippen LogP contribution < -0.4 is 4.74 Å². The van der Waals surface area contributed by atoms with Gasteiger partial charge in [-0.2, -0.15) is 0 Å². The van der Waals surface area contributed by atoms with Gasteiger partial charge < -0.3 is 54.3 Å². The zero-order chi connectivity index (χ0) is 29.9. The number of aromatic hydroxyl groups is 1. The van der Waals surface area contributed by atoms with Gasteiger partial charge in [0.1, 0.15) is 29.7 Å². The Hall–Kier alpha value is -2.65. The lowest BCUT2D eigenvalue weighted by Gasteiger charge is -2.37. The molecule has 2 fully saturated rings. The average Bonchev–Trinajstić information content (AvgIpc) is 3.28. The SMILES string of the molecule is O=C1[C@@H](O)[C@@H](O[C@H]2CCCCc3ccc(O)c(c3)Oc3ccc(cc3)CC2)O[C@@H](CO[C@H]2OC[C@@](O)(CO)[C@H]2O)[C@@H]1O. The Bertz CT molecular complexity index is 1210. The summed E-state index contributed by atoms with van der Waals surface area (Å²) in [5, 5.41) is 60.9. The number of aliphatic hydroxyl groups is 5. The molecule has 4 aliphatic rings. The van der Waals surface area contributed by atoms with Crippen molar-refractivity contribution in [3.63, 3.8) is 0 Å². The van der Waals surface area contributed by atoms with Crippen LogP contribution in [0.3, 0.4) is 0 Å². The number of aryl methyl sites for hydroxylation is 2. The van der Waals surface area contributed by atoms with Gasteiger partial charge in [-0.05, 0) is 67.5 Å². The van der Waals surface area contributed by atoms with Crippen LogP contribution in [-0.2, 0) is 36.6 Å². The zero-order valence-corrected chi connectivity index (χ0v) is 23.1. The van der Waals surface area contributed by atoms with Crippen LogP contribution in [0.4, 0.5) is 0 Å². The molecule has 6 N–H and O–H groups in total. The summed E-state index contributed by atoms with van der Waals surface area (Å²) in [5.74, 6) is 0.168. The van der Waals surface area contributed by atoms with Gasteiger partial charge in [-0.3, -0.25) is 4.79 Å². The molecule has 0 aliphatic carbocycles. The van der Waals surface area contributed by atoms with Crippen molar-refractivity contribution < 1.29 is 59.1 Å². The molecular formula is C30H38O12. The van der Waals surface area contributed by atoms with Crippen LogP contribution in [0.2, 0.25) is 0 Å². The first-order chi connectivity index (χ1) is 20.2. The monoisotopic (exact) mass is 590 g/mol. The minimum atomic E-state index is -1.89. The second-order valence-electron chi connectivity index (χ2n) is 11.1. The van der Waals surface area contributed by atoms with E-state index >= 15 is 0 Å². The van der Waals surface area contributed by atoms with E-state index in [4.69, 9.17) is 23.7 Å². The highest BCUT2D eigenvalue weighted by Crippen LogP contribution is 2.33. The average molecular weight is 591 g/mol. The van der Waals surface area contributed by atoms with Gasteiger partial charge in [-0.1, -0.05) is 24.6 Å². The zero-order valence-electron chi connectivity index (χ0n) is 23.1. The number of Topliss-reactive ketones (excluding diaryl/α,β-unsaturated/α-hetero) is 1. The van der Waals surface area contributed by atoms with Crippen LogP contribution >= 0.6 is 0 Å². The van der Waals surface area contributed by atoms with E-state index in [1.807, 2.05) is 36.4 Å². The van der Waals surface area contributed by atoms with Gasteiger partial charge in [-0.15, -0.1) is 0 Å². The smallest absolute Gasteiger partial charge is 0.197 e. The molecule has 0 amide bonds. The Balaban J connectivity index is 1.24. The van der Waals surface area contributed by atoms with Gasteiger partial charge in [0.05, 0.1) is 25.9 Å². The number of carbonyl (C=O) groups excluding carboxylic acids is 1. The second-order valence-corrected chi connectivity index (χ2v) is 11.1. The van der Waals surface area contributed by atoms with Gasteiger partial charge in [0, 0.05) is 0 Å². The largest absolute Gasteiger partial charge is 0.504 e. The van der Waals surface area contributed by atoms with E-state index < -0.39 is 61.6 Å². The number of hydrogen-bond donors (Lipinski definition) is 6. The predicted molar refractivity (Wildman–Crippen MR) is 145 cm³/mol. The van der Waals surface area contributed by atoms with E-state index in [-0.39, 0.29) is 18.5 Å². The molecule has 4 aliphatic heterocycles. The molecule has 2 aromatic rings. The third kappa shape index (κ3) is 6.94. The lowest BCUT2D eigenvalue weighted by molar-refractivity contribution is -0.279. The first-order valence-corrected chi connectivity index (χ1v) is 14.2. The van der Waals surface area contributed by atoms with Crippen LogP contribution in [-0.4, -0.2) is 105 Å². The molecule has 0 spiro atoms. The highest BCUT2D eigenvalue weighted by atomic mass is 16.7. The quantitative estimate of drug-likeness (QED) is 0.277. The first-order valence-electron chi connectivity index (χ1n) is 14.2. The summed E-state index contributed by atoms with van der Waals surface area (Å²) in [7, 11) is 0. The normalized spacial score (nSPS) is 34.0. The molecule has 6 rings (SSSR count). The lowest BCUT2D eigenvalue weighted by atomic mass is 9.99. The first kappa shape index (κ1) is 30.8. The topological polar surface area (TPSA) is 185 Å². The molecule has 42 heavy (non-hydrogen) atoms. The van der Waals surface area contributed by atoms with E-state index in [0.717, 1.165) is 30.4 Å². The fraction of sp³-hybridized carbons (Fsp3) is 0.567. The maximum absolute atomic E-state index is 12.7. The molecule has 4 heterocycles. The number of phenols is 1. The molecule has 0 radical (unpaired) electrons. The molecule has 0 unspecified atom stereocenters. The highest BCUT2D eigenvalue weighted by molar-refractivity contribution is 5.88. The fourth-order valence-electron chi connectivity index (χ4n) is 5.32. The minimum Gasteiger partial charge on any atom is -0.504 e. The number of phenolic OH excluding ortho intramolecular Hbond substituents is 1. The molecule has 12 heteroatoms. The molecule has 2 aromatic carbocycles. The van der Waals surface area contributed by atoms with Crippen molar-refractivity contribution >= 4 is 5.78 Å². The molecule has 0 aromatic heterocycles. The standard InChI is InChI=1S/C30H38O12/c31-15-30(37)16-39-29(27(30)36)38-14-23-24(33)25(34)26(35)28(42-23)41-19-4-2-1-3-18-8-12-21(32)22(13-18)40-20-10-6-17(5-9-19)7-11-20/h6-8,10-13,19,23-24,26-29,31-33,35-37H,1-5,9,14-16H2/t19-,23-,24-,26+,27-,28-,29-,30-/m0/s1. The number of benzene rings is 2. The summed E-state index contributed by atoms with van der Waals surface area (Å²) in [6, 6.07) is 12.8. The molecule has 4 bridgehead atoms. The van der Waals surface area contributed by atoms with Crippen LogP contribution in [0.25, 0.3) is 0 Å². The molecule has 12 nitrogen and oxygen atoms in total. The van der Waals surface area contributed by atoms with Crippen molar-refractivity contribution in [3.8, 4) is 17.2 Å². The Morgan fingerprint density at radius 2 is 1.69 bits per heavy atom. The van der Waals surface area contributed by atoms with Crippen LogP contribution in [0, 0.1) is 0 Å². The van der Waals surface area contributed by atoms with Crippen LogP contribution in [0.1, 0.15) is 36.8 Å². The molecular weight excluding hydrogens is 552 g/mol. The molecule has 2 saturated heterocycles. The Morgan fingerprint density at radius 3 is 2.43 bits per heavy atom. The number of hydrogen-bond acceptors (Lipinski definition) is 12. The second kappa shape index (κ2) is 13.3. The Labute approximate surface area is 243 Å². The van der Waals surface area contributed by atoms with Crippen molar-refractivity contribution in [2.24, 2.45) is 0 Å². The molecule has 230 valence electrons. The predicted octanol–water partition coefficient (Wildman–Crippen LogP) is 0.702. The summed E-state index contributed by atoms with van der Waals surface area (Å²) < 4.78 is 28.5. The number of fused-ring (bicyclic) bond motifs is 8. The van der Waals surface area contributed by atoms with Gasteiger partial charge in [0.15, 0.2) is 36.0 Å². The highest BCUT2D eigenvalue weighted by Gasteiger charge is 2.50. The van der Waals surface area contributed by atoms with E-state index in [9.17, 15) is 35.4 Å². The van der Waals surface area contributed by atoms with Crippen molar-refractivity contribution in [2.75, 3.05) is 19.8 Å². The summed E-state index contributed by atoms with van der Waals surface area (Å²) in [6.45, 7) is -1.51. The minimum absolute atomic E-state index is 0.0635. The Morgan fingerprint density at radius 1 is 0.929 bits per heavy atom. The van der Waals surface area contributed by atoms with E-state index in [2.05, 4.69) is 0 Å². The molecule has 0 saturated carbocycles. The number of aliphatic hydroxyl groups excluding tert-OH is 4. The van der Waals surface area contributed by atoms with Crippen molar-refractivity contribution in [1.29, 1.82) is 0 Å². The fourth-order valence-corrected chi connectivity index (χ4v) is 5.32. The van der Waals surface area contributed by atoms with E-state index in [1.54, 1.807) is 6.07 Å². The number of rotatable bonds is 6. The summed E-state index contributed by atoms with van der Waals surface area (Å²) in [4.78, 5) is 12.7. The van der Waals surface area contributed by atoms with Gasteiger partial charge in [0.2, 0.25) is 0 Å². The van der Waals surface area contributed by atoms with Crippen molar-refractivity contribution in [1.82, 2.24) is 0 Å². The summed E-state index contributed by atoms with van der Waals surface area (Å²) >= 11 is 0. The van der Waals surface area contributed by atoms with E-state index in [0.29, 0.717) is 30.8 Å². The maximum atomic E-state index is 12.7. The third-order valence-electron chi connectivity index (χ3n) is 8.00. The lowest BCUT2D eigenvalue weighted by Crippen LogP contribution is -2.58. The maximum Gasteiger partial charge on any atom is 0.197 e. The van der Waals surface area contributed by atoms with E-state index in [1.165, 1.54) is 0 Å². The van der Waals surface area contributed by atoms with Crippen LogP contribution in [0.15, 0.2) is 42.5 Å². The molecule has 8 atom stereocenters. The van der Waals surface area contributed by atoms with Gasteiger partial charge >= 0.3 is 0 Å². The number of carbonyl (C=O) groups is 1.